The van der Waals surface area contributed by atoms with Gasteiger partial charge in [0.15, 0.2) is 0 Å². The Morgan fingerprint density at radius 2 is 1.65 bits per heavy atom. The molecule has 2 aromatic carbocycles. The summed E-state index contributed by atoms with van der Waals surface area (Å²) < 4.78 is 0. The van der Waals surface area contributed by atoms with Crippen molar-refractivity contribution in [2.45, 2.75) is 0 Å². The minimum Gasteiger partial charge on any atom is -0.378 e. The summed E-state index contributed by atoms with van der Waals surface area (Å²) in [6, 6.07) is 16.9. The van der Waals surface area contributed by atoms with Crippen molar-refractivity contribution >= 4 is 28.8 Å². The second-order valence-corrected chi connectivity index (χ2v) is 6.19. The Bertz CT molecular complexity index is 868. The number of carbonyl (C=O) groups is 2. The number of nitrogens with one attached hydrogen (secondary N) is 1. The molecule has 3 rings (SSSR count). The van der Waals surface area contributed by atoms with Crippen molar-refractivity contribution in [3.05, 3.63) is 78.5 Å². The van der Waals surface area contributed by atoms with E-state index in [1.54, 1.807) is 6.08 Å². The first kappa shape index (κ1) is 17.5. The number of amides is 2. The van der Waals surface area contributed by atoms with Crippen molar-refractivity contribution in [2.75, 3.05) is 30.9 Å². The molecular formula is C21H21N3O2. The Balaban J connectivity index is 2.01. The number of imide groups is 1. The Kier molecular flexibility index (Phi) is 4.89. The van der Waals surface area contributed by atoms with E-state index < -0.39 is 0 Å². The third-order valence-electron chi connectivity index (χ3n) is 4.20. The van der Waals surface area contributed by atoms with Crippen molar-refractivity contribution in [3.8, 4) is 0 Å². The average Bonchev–Trinajstić information content (AvgIpc) is 2.87. The van der Waals surface area contributed by atoms with Gasteiger partial charge in [-0.05, 0) is 29.8 Å². The van der Waals surface area contributed by atoms with Gasteiger partial charge >= 0.3 is 0 Å². The van der Waals surface area contributed by atoms with E-state index in [1.165, 1.54) is 4.90 Å². The molecule has 2 aromatic rings. The predicted molar refractivity (Wildman–Crippen MR) is 105 cm³/mol. The van der Waals surface area contributed by atoms with Gasteiger partial charge in [0.25, 0.3) is 11.8 Å². The topological polar surface area (TPSA) is 52.7 Å². The molecule has 0 aliphatic carbocycles. The van der Waals surface area contributed by atoms with E-state index in [4.69, 9.17) is 0 Å². The van der Waals surface area contributed by atoms with E-state index in [0.717, 1.165) is 11.4 Å². The molecule has 0 radical (unpaired) electrons. The van der Waals surface area contributed by atoms with Gasteiger partial charge in [0.2, 0.25) is 0 Å². The van der Waals surface area contributed by atoms with Gasteiger partial charge < -0.3 is 10.2 Å². The molecule has 2 amide bonds. The number of nitrogens with zero attached hydrogens (tertiary/aromatic N) is 2. The molecule has 5 heteroatoms. The van der Waals surface area contributed by atoms with Crippen LogP contribution in [0.25, 0.3) is 5.57 Å². The summed E-state index contributed by atoms with van der Waals surface area (Å²) in [5, 5.41) is 3.14. The third-order valence-corrected chi connectivity index (χ3v) is 4.20. The molecule has 132 valence electrons. The molecule has 0 atom stereocenters. The lowest BCUT2D eigenvalue weighted by Gasteiger charge is -2.14. The van der Waals surface area contributed by atoms with Gasteiger partial charge in [-0.15, -0.1) is 6.58 Å². The number of rotatable bonds is 6. The molecule has 26 heavy (non-hydrogen) atoms. The van der Waals surface area contributed by atoms with Gasteiger partial charge in [0.05, 0.1) is 5.57 Å². The Labute approximate surface area is 153 Å². The summed E-state index contributed by atoms with van der Waals surface area (Å²) in [7, 11) is 3.93. The highest BCUT2D eigenvalue weighted by molar-refractivity contribution is 6.36. The number of hydrogen-bond donors (Lipinski definition) is 1. The van der Waals surface area contributed by atoms with E-state index in [1.807, 2.05) is 73.6 Å². The van der Waals surface area contributed by atoms with E-state index in [0.29, 0.717) is 16.8 Å². The fourth-order valence-electron chi connectivity index (χ4n) is 2.85. The Morgan fingerprint density at radius 3 is 2.23 bits per heavy atom. The van der Waals surface area contributed by atoms with Gasteiger partial charge in [0.1, 0.15) is 5.70 Å². The maximum atomic E-state index is 12.8. The van der Waals surface area contributed by atoms with Crippen molar-refractivity contribution < 1.29 is 9.59 Å². The smallest absolute Gasteiger partial charge is 0.278 e. The second-order valence-electron chi connectivity index (χ2n) is 6.19. The minimum atomic E-state index is -0.342. The summed E-state index contributed by atoms with van der Waals surface area (Å²) in [6.07, 6.45) is 1.55. The molecule has 0 unspecified atom stereocenters. The number of hydrogen-bond acceptors (Lipinski definition) is 4. The lowest BCUT2D eigenvalue weighted by atomic mass is 10.0. The van der Waals surface area contributed by atoms with Crippen LogP contribution in [0.4, 0.5) is 11.4 Å². The minimum absolute atomic E-state index is 0.179. The zero-order valence-electron chi connectivity index (χ0n) is 14.9. The molecular weight excluding hydrogens is 326 g/mol. The average molecular weight is 347 g/mol. The molecule has 0 bridgehead atoms. The van der Waals surface area contributed by atoms with E-state index >= 15 is 0 Å². The van der Waals surface area contributed by atoms with E-state index in [-0.39, 0.29) is 18.4 Å². The van der Waals surface area contributed by atoms with E-state index in [2.05, 4.69) is 11.9 Å². The summed E-state index contributed by atoms with van der Waals surface area (Å²) in [5.74, 6) is -0.654. The molecule has 0 fully saturated rings. The molecule has 1 N–H and O–H groups in total. The first-order valence-electron chi connectivity index (χ1n) is 8.34. The maximum Gasteiger partial charge on any atom is 0.278 e. The zero-order valence-corrected chi connectivity index (χ0v) is 14.9. The van der Waals surface area contributed by atoms with Crippen LogP contribution in [0.1, 0.15) is 5.56 Å². The van der Waals surface area contributed by atoms with Crippen molar-refractivity contribution in [1.82, 2.24) is 4.90 Å². The van der Waals surface area contributed by atoms with Crippen LogP contribution in [0.5, 0.6) is 0 Å². The fourth-order valence-corrected chi connectivity index (χ4v) is 2.85. The highest BCUT2D eigenvalue weighted by Crippen LogP contribution is 2.30. The van der Waals surface area contributed by atoms with Crippen LogP contribution in [-0.2, 0) is 9.59 Å². The highest BCUT2D eigenvalue weighted by atomic mass is 16.2. The monoisotopic (exact) mass is 347 g/mol. The predicted octanol–water partition coefficient (Wildman–Crippen LogP) is 3.13. The second kappa shape index (κ2) is 7.27. The number of carbonyl (C=O) groups excluding carboxylic acids is 2. The summed E-state index contributed by atoms with van der Waals surface area (Å²) >= 11 is 0. The molecule has 1 aliphatic heterocycles. The number of anilines is 2. The summed E-state index contributed by atoms with van der Waals surface area (Å²) in [6.45, 7) is 3.82. The van der Waals surface area contributed by atoms with Crippen LogP contribution in [-0.4, -0.2) is 37.4 Å². The van der Waals surface area contributed by atoms with Gasteiger partial charge in [0, 0.05) is 32.0 Å². The van der Waals surface area contributed by atoms with E-state index in [9.17, 15) is 9.59 Å². The van der Waals surface area contributed by atoms with Gasteiger partial charge in [-0.2, -0.15) is 0 Å². The zero-order chi connectivity index (χ0) is 18.7. The lowest BCUT2D eigenvalue weighted by Crippen LogP contribution is -2.32. The largest absolute Gasteiger partial charge is 0.378 e. The van der Waals surface area contributed by atoms with Crippen molar-refractivity contribution in [2.24, 2.45) is 0 Å². The fraction of sp³-hybridized carbons (Fsp3) is 0.143. The molecule has 0 saturated heterocycles. The standard InChI is InChI=1S/C21H21N3O2/c1-4-14-24-20(25)18(15-8-6-5-7-9-15)19(21(24)26)22-16-10-12-17(13-11-16)23(2)3/h4-13,22H,1,14H2,2-3H3. The van der Waals surface area contributed by atoms with Crippen LogP contribution >= 0.6 is 0 Å². The molecule has 5 nitrogen and oxygen atoms in total. The van der Waals surface area contributed by atoms with Gasteiger partial charge in [-0.3, -0.25) is 14.5 Å². The molecule has 1 aliphatic rings. The molecule has 0 spiro atoms. The van der Waals surface area contributed by atoms with Gasteiger partial charge in [-0.1, -0.05) is 36.4 Å². The lowest BCUT2D eigenvalue weighted by molar-refractivity contribution is -0.136. The normalized spacial score (nSPS) is 14.0. The van der Waals surface area contributed by atoms with Crippen molar-refractivity contribution in [1.29, 1.82) is 0 Å². The van der Waals surface area contributed by atoms with Crippen molar-refractivity contribution in [3.63, 3.8) is 0 Å². The molecule has 1 heterocycles. The first-order valence-corrected chi connectivity index (χ1v) is 8.34. The maximum absolute atomic E-state index is 12.8. The van der Waals surface area contributed by atoms with Gasteiger partial charge in [-0.25, -0.2) is 0 Å². The van der Waals surface area contributed by atoms with Crippen LogP contribution in [0.2, 0.25) is 0 Å². The first-order chi connectivity index (χ1) is 12.5. The summed E-state index contributed by atoms with van der Waals surface area (Å²) in [4.78, 5) is 28.8. The van der Waals surface area contributed by atoms with Crippen LogP contribution in [0.3, 0.4) is 0 Å². The number of benzene rings is 2. The van der Waals surface area contributed by atoms with Crippen LogP contribution < -0.4 is 10.2 Å². The Hall–Kier alpha value is -3.34. The van der Waals surface area contributed by atoms with Crippen LogP contribution in [0, 0.1) is 0 Å². The van der Waals surface area contributed by atoms with Crippen LogP contribution in [0.15, 0.2) is 72.9 Å². The highest BCUT2D eigenvalue weighted by Gasteiger charge is 2.38. The SMILES string of the molecule is C=CCN1C(=O)C(Nc2ccc(N(C)C)cc2)=C(c2ccccc2)C1=O. The quantitative estimate of drug-likeness (QED) is 0.644. The third kappa shape index (κ3) is 3.24. The summed E-state index contributed by atoms with van der Waals surface area (Å²) in [5.41, 5.74) is 3.19. The molecule has 0 saturated carbocycles. The molecule has 0 aromatic heterocycles. The Morgan fingerprint density at radius 1 is 1.00 bits per heavy atom.